The fourth-order valence-electron chi connectivity index (χ4n) is 3.01. The van der Waals surface area contributed by atoms with Gasteiger partial charge in [-0.05, 0) is 42.7 Å². The summed E-state index contributed by atoms with van der Waals surface area (Å²) >= 11 is 0. The van der Waals surface area contributed by atoms with Crippen molar-refractivity contribution in [2.75, 3.05) is 19.7 Å². The molecule has 0 saturated carbocycles. The highest BCUT2D eigenvalue weighted by Crippen LogP contribution is 2.24. The number of rotatable bonds is 8. The first-order valence-corrected chi connectivity index (χ1v) is 8.25. The lowest BCUT2D eigenvalue weighted by Crippen LogP contribution is -2.26. The van der Waals surface area contributed by atoms with Gasteiger partial charge in [0, 0.05) is 18.0 Å². The van der Waals surface area contributed by atoms with E-state index in [-0.39, 0.29) is 30.5 Å². The fraction of sp³-hybridized carbons (Fsp3) is 0.333. The monoisotopic (exact) mass is 379 g/mol. The molecule has 1 N–H and O–H groups in total. The molecule has 2 aromatic rings. The van der Waals surface area contributed by atoms with Crippen LogP contribution in [0.25, 0.3) is 0 Å². The first kappa shape index (κ1) is 22.1. The lowest BCUT2D eigenvalue weighted by Gasteiger charge is -2.22. The largest absolute Gasteiger partial charge is 0.376 e. The maximum Gasteiger partial charge on any atom is 0.131 e. The summed E-state index contributed by atoms with van der Waals surface area (Å²) < 4.78 is 33.1. The second-order valence-electron chi connectivity index (χ2n) is 6.05. The average molecular weight is 380 g/mol. The Hall–Kier alpha value is -1.93. The van der Waals surface area contributed by atoms with E-state index in [1.165, 1.54) is 23.8 Å². The van der Waals surface area contributed by atoms with Gasteiger partial charge in [0.2, 0.25) is 0 Å². The van der Waals surface area contributed by atoms with Crippen molar-refractivity contribution in [3.05, 3.63) is 70.3 Å². The van der Waals surface area contributed by atoms with Gasteiger partial charge in [0.1, 0.15) is 11.6 Å². The van der Waals surface area contributed by atoms with E-state index < -0.39 is 11.6 Å². The lowest BCUT2D eigenvalue weighted by atomic mass is 9.91. The molecule has 2 nitrogen and oxygen atoms in total. The van der Waals surface area contributed by atoms with Crippen LogP contribution in [0, 0.1) is 37.8 Å². The molecule has 0 aliphatic heterocycles. The fourth-order valence-corrected chi connectivity index (χ4v) is 3.01. The van der Waals surface area contributed by atoms with Gasteiger partial charge in [0.25, 0.3) is 0 Å². The van der Waals surface area contributed by atoms with Gasteiger partial charge in [0.15, 0.2) is 0 Å². The van der Waals surface area contributed by atoms with E-state index in [9.17, 15) is 8.78 Å². The van der Waals surface area contributed by atoms with Crippen LogP contribution >= 0.6 is 12.4 Å². The van der Waals surface area contributed by atoms with Crippen molar-refractivity contribution in [2.24, 2.45) is 0 Å². The summed E-state index contributed by atoms with van der Waals surface area (Å²) in [6.07, 6.45) is 5.30. The van der Waals surface area contributed by atoms with Crippen LogP contribution in [-0.2, 0) is 11.3 Å². The molecule has 0 bridgehead atoms. The van der Waals surface area contributed by atoms with Crippen molar-refractivity contribution in [3.63, 3.8) is 0 Å². The summed E-state index contributed by atoms with van der Waals surface area (Å²) in [6.45, 7) is 5.44. The maximum atomic E-state index is 13.7. The Morgan fingerprint density at radius 1 is 1.08 bits per heavy atom. The molecule has 0 saturated heterocycles. The summed E-state index contributed by atoms with van der Waals surface area (Å²) in [5.74, 6) is 1.42. The lowest BCUT2D eigenvalue weighted by molar-refractivity contribution is 0.102. The van der Waals surface area contributed by atoms with Crippen LogP contribution in [0.3, 0.4) is 0 Å². The number of terminal acetylenes is 1. The third-order valence-electron chi connectivity index (χ3n) is 4.20. The van der Waals surface area contributed by atoms with Crippen molar-refractivity contribution in [3.8, 4) is 12.3 Å². The number of hydrogen-bond donors (Lipinski definition) is 1. The minimum Gasteiger partial charge on any atom is -0.376 e. The number of benzene rings is 2. The summed E-state index contributed by atoms with van der Waals surface area (Å²) in [5, 5.41) is 3.20. The maximum absolute atomic E-state index is 13.7. The summed E-state index contributed by atoms with van der Waals surface area (Å²) in [4.78, 5) is 0. The molecule has 0 amide bonds. The molecule has 5 heteroatoms. The highest BCUT2D eigenvalue weighted by molar-refractivity contribution is 5.85. The average Bonchev–Trinajstić information content (AvgIpc) is 2.57. The molecule has 0 aliphatic rings. The molecule has 2 rings (SSSR count). The number of aryl methyl sites for hydroxylation is 2. The molecule has 0 fully saturated rings. The summed E-state index contributed by atoms with van der Waals surface area (Å²) in [7, 11) is 0. The van der Waals surface area contributed by atoms with Gasteiger partial charge in [-0.3, -0.25) is 0 Å². The minimum atomic E-state index is -0.589. The predicted molar refractivity (Wildman–Crippen MR) is 104 cm³/mol. The molecule has 1 atom stereocenters. The van der Waals surface area contributed by atoms with Crippen molar-refractivity contribution in [2.45, 2.75) is 26.4 Å². The normalized spacial score (nSPS) is 11.5. The van der Waals surface area contributed by atoms with Gasteiger partial charge >= 0.3 is 0 Å². The Morgan fingerprint density at radius 2 is 1.65 bits per heavy atom. The van der Waals surface area contributed by atoms with Gasteiger partial charge in [-0.1, -0.05) is 30.2 Å². The quantitative estimate of drug-likeness (QED) is 0.537. The second-order valence-corrected chi connectivity index (χ2v) is 6.05. The molecule has 1 unspecified atom stereocenters. The van der Waals surface area contributed by atoms with E-state index in [0.29, 0.717) is 19.7 Å². The number of hydrogen-bond acceptors (Lipinski definition) is 2. The molecule has 0 heterocycles. The Morgan fingerprint density at radius 3 is 2.23 bits per heavy atom. The third kappa shape index (κ3) is 5.81. The van der Waals surface area contributed by atoms with Gasteiger partial charge in [-0.25, -0.2) is 8.78 Å². The minimum absolute atomic E-state index is 0. The van der Waals surface area contributed by atoms with Crippen LogP contribution in [0.15, 0.2) is 36.4 Å². The Balaban J connectivity index is 0.00000338. The van der Waals surface area contributed by atoms with Gasteiger partial charge in [-0.2, -0.15) is 0 Å². The van der Waals surface area contributed by atoms with E-state index in [0.717, 1.165) is 11.1 Å². The van der Waals surface area contributed by atoms with E-state index in [1.807, 2.05) is 32.0 Å². The predicted octanol–water partition coefficient (Wildman–Crippen LogP) is 4.53. The summed E-state index contributed by atoms with van der Waals surface area (Å²) in [5.41, 5.74) is 3.46. The standard InChI is InChI=1S/C21H23F2NO.ClH/c1-4-11-24-12-17(21-15(2)7-5-8-16(21)3)13-25-14-18-19(22)9-6-10-20(18)23;/h1,5-10,17,24H,11-14H2,2-3H3;1H. The van der Waals surface area contributed by atoms with Crippen molar-refractivity contribution in [1.82, 2.24) is 5.32 Å². The SMILES string of the molecule is C#CCNCC(COCc1c(F)cccc1F)c1c(C)cccc1C.Cl. The highest BCUT2D eigenvalue weighted by atomic mass is 35.5. The van der Waals surface area contributed by atoms with Crippen LogP contribution in [0.4, 0.5) is 8.78 Å². The Labute approximate surface area is 160 Å². The van der Waals surface area contributed by atoms with Gasteiger partial charge in [0.05, 0.1) is 19.8 Å². The van der Waals surface area contributed by atoms with Crippen LogP contribution in [0.5, 0.6) is 0 Å². The molecule has 0 radical (unpaired) electrons. The van der Waals surface area contributed by atoms with Crippen LogP contribution < -0.4 is 5.32 Å². The van der Waals surface area contributed by atoms with Crippen LogP contribution in [0.2, 0.25) is 0 Å². The van der Waals surface area contributed by atoms with E-state index in [2.05, 4.69) is 11.2 Å². The highest BCUT2D eigenvalue weighted by Gasteiger charge is 2.17. The summed E-state index contributed by atoms with van der Waals surface area (Å²) in [6, 6.07) is 9.92. The third-order valence-corrected chi connectivity index (χ3v) is 4.20. The zero-order valence-electron chi connectivity index (χ0n) is 15.0. The molecule has 140 valence electrons. The molecule has 0 aromatic heterocycles. The topological polar surface area (TPSA) is 21.3 Å². The van der Waals surface area contributed by atoms with Gasteiger partial charge < -0.3 is 10.1 Å². The van der Waals surface area contributed by atoms with E-state index >= 15 is 0 Å². The number of nitrogens with one attached hydrogen (secondary N) is 1. The van der Waals surface area contributed by atoms with Crippen LogP contribution in [0.1, 0.15) is 28.2 Å². The zero-order valence-corrected chi connectivity index (χ0v) is 15.8. The Kier molecular flexibility index (Phi) is 9.29. The number of ether oxygens (including phenoxy) is 1. The van der Waals surface area contributed by atoms with Crippen molar-refractivity contribution < 1.29 is 13.5 Å². The van der Waals surface area contributed by atoms with E-state index in [1.54, 1.807) is 0 Å². The van der Waals surface area contributed by atoms with Crippen molar-refractivity contribution >= 4 is 12.4 Å². The zero-order chi connectivity index (χ0) is 18.2. The van der Waals surface area contributed by atoms with Crippen LogP contribution in [-0.4, -0.2) is 19.7 Å². The Bertz CT molecular complexity index is 718. The van der Waals surface area contributed by atoms with Crippen molar-refractivity contribution in [1.29, 1.82) is 0 Å². The second kappa shape index (κ2) is 10.9. The molecule has 0 aliphatic carbocycles. The molecule has 26 heavy (non-hydrogen) atoms. The van der Waals surface area contributed by atoms with Gasteiger partial charge in [-0.15, -0.1) is 18.8 Å². The first-order valence-electron chi connectivity index (χ1n) is 8.25. The van der Waals surface area contributed by atoms with E-state index in [4.69, 9.17) is 11.2 Å². The molecule has 2 aromatic carbocycles. The molecular weight excluding hydrogens is 356 g/mol. The number of halogens is 3. The molecular formula is C21H24ClF2NO. The molecule has 0 spiro atoms. The smallest absolute Gasteiger partial charge is 0.131 e. The first-order chi connectivity index (χ1) is 12.0.